The maximum atomic E-state index is 2.49. The molecule has 1 aliphatic carbocycles. The summed E-state index contributed by atoms with van der Waals surface area (Å²) in [5.41, 5.74) is 1.75. The SMILES string of the molecule is C[Si](C)(C)CCC1=CCCCC1. The van der Waals surface area contributed by atoms with Crippen LogP contribution in [0, 0.1) is 0 Å². The number of hydrogen-bond donors (Lipinski definition) is 0. The molecular formula is C11H22Si. The number of allylic oxidation sites excluding steroid dienone is 2. The van der Waals surface area contributed by atoms with Gasteiger partial charge in [-0.05, 0) is 32.1 Å². The van der Waals surface area contributed by atoms with Crippen LogP contribution in [-0.2, 0) is 0 Å². The predicted octanol–water partition coefficient (Wildman–Crippen LogP) is 4.22. The van der Waals surface area contributed by atoms with Gasteiger partial charge in [-0.25, -0.2) is 0 Å². The van der Waals surface area contributed by atoms with E-state index in [1.807, 2.05) is 0 Å². The van der Waals surface area contributed by atoms with E-state index < -0.39 is 8.07 Å². The lowest BCUT2D eigenvalue weighted by Crippen LogP contribution is -2.19. The second-order valence-electron chi connectivity index (χ2n) is 5.17. The van der Waals surface area contributed by atoms with Gasteiger partial charge >= 0.3 is 0 Å². The molecule has 0 spiro atoms. The number of hydrogen-bond acceptors (Lipinski definition) is 0. The van der Waals surface area contributed by atoms with E-state index in [0.717, 1.165) is 0 Å². The van der Waals surface area contributed by atoms with Gasteiger partial charge in [0.2, 0.25) is 0 Å². The van der Waals surface area contributed by atoms with Crippen LogP contribution in [0.5, 0.6) is 0 Å². The molecule has 0 heterocycles. The van der Waals surface area contributed by atoms with E-state index >= 15 is 0 Å². The quantitative estimate of drug-likeness (QED) is 0.453. The molecule has 0 saturated heterocycles. The fraction of sp³-hybridized carbons (Fsp3) is 0.818. The van der Waals surface area contributed by atoms with Crippen LogP contribution in [0.15, 0.2) is 11.6 Å². The first kappa shape index (κ1) is 10.0. The van der Waals surface area contributed by atoms with Crippen LogP contribution in [0.4, 0.5) is 0 Å². The second kappa shape index (κ2) is 4.27. The molecule has 0 aliphatic heterocycles. The van der Waals surface area contributed by atoms with Gasteiger partial charge in [-0.15, -0.1) is 0 Å². The van der Waals surface area contributed by atoms with Gasteiger partial charge in [0.1, 0.15) is 0 Å². The lowest BCUT2D eigenvalue weighted by atomic mass is 9.98. The van der Waals surface area contributed by atoms with Gasteiger partial charge in [0.25, 0.3) is 0 Å². The Hall–Kier alpha value is -0.0431. The summed E-state index contributed by atoms with van der Waals surface area (Å²) in [6.45, 7) is 7.41. The van der Waals surface area contributed by atoms with E-state index in [0.29, 0.717) is 0 Å². The van der Waals surface area contributed by atoms with E-state index in [1.54, 1.807) is 5.57 Å². The van der Waals surface area contributed by atoms with Gasteiger partial charge in [0, 0.05) is 8.07 Å². The standard InChI is InChI=1S/C11H22Si/c1-12(2,3)10-9-11-7-5-4-6-8-11/h7H,4-6,8-10H2,1-3H3. The van der Waals surface area contributed by atoms with Crippen LogP contribution in [0.3, 0.4) is 0 Å². The van der Waals surface area contributed by atoms with Crippen molar-refractivity contribution in [3.8, 4) is 0 Å². The summed E-state index contributed by atoms with van der Waals surface area (Å²) >= 11 is 0. The Morgan fingerprint density at radius 1 is 1.25 bits per heavy atom. The van der Waals surface area contributed by atoms with Gasteiger partial charge < -0.3 is 0 Å². The average molecular weight is 182 g/mol. The van der Waals surface area contributed by atoms with Crippen LogP contribution in [0.25, 0.3) is 0 Å². The molecule has 0 bridgehead atoms. The maximum absolute atomic E-state index is 2.49. The summed E-state index contributed by atoms with van der Waals surface area (Å²) in [6, 6.07) is 1.48. The zero-order valence-corrected chi connectivity index (χ0v) is 9.82. The Morgan fingerprint density at radius 3 is 2.50 bits per heavy atom. The summed E-state index contributed by atoms with van der Waals surface area (Å²) in [5.74, 6) is 0. The Bertz CT molecular complexity index is 162. The van der Waals surface area contributed by atoms with Gasteiger partial charge in [0.15, 0.2) is 0 Å². The molecule has 12 heavy (non-hydrogen) atoms. The maximum Gasteiger partial charge on any atom is 0.0445 e. The monoisotopic (exact) mass is 182 g/mol. The predicted molar refractivity (Wildman–Crippen MR) is 59.3 cm³/mol. The summed E-state index contributed by atoms with van der Waals surface area (Å²) < 4.78 is 0. The first-order valence-electron chi connectivity index (χ1n) is 5.26. The highest BCUT2D eigenvalue weighted by Gasteiger charge is 2.13. The molecule has 70 valence electrons. The van der Waals surface area contributed by atoms with Crippen molar-refractivity contribution in [3.63, 3.8) is 0 Å². The molecule has 1 heteroatoms. The molecule has 1 aliphatic rings. The van der Waals surface area contributed by atoms with Crippen molar-refractivity contribution in [2.45, 2.75) is 57.8 Å². The molecule has 0 atom stereocenters. The lowest BCUT2D eigenvalue weighted by molar-refractivity contribution is 0.683. The van der Waals surface area contributed by atoms with Crippen molar-refractivity contribution < 1.29 is 0 Å². The van der Waals surface area contributed by atoms with Crippen LogP contribution < -0.4 is 0 Å². The molecule has 1 rings (SSSR count). The highest BCUT2D eigenvalue weighted by atomic mass is 28.3. The van der Waals surface area contributed by atoms with E-state index in [-0.39, 0.29) is 0 Å². The normalized spacial score (nSPS) is 19.1. The van der Waals surface area contributed by atoms with E-state index in [4.69, 9.17) is 0 Å². The molecule has 0 saturated carbocycles. The average Bonchev–Trinajstić information content (AvgIpc) is 2.02. The molecule has 0 nitrogen and oxygen atoms in total. The van der Waals surface area contributed by atoms with Gasteiger partial charge in [-0.3, -0.25) is 0 Å². The van der Waals surface area contributed by atoms with E-state index in [1.165, 1.54) is 38.1 Å². The fourth-order valence-electron chi connectivity index (χ4n) is 1.67. The van der Waals surface area contributed by atoms with Crippen molar-refractivity contribution in [3.05, 3.63) is 11.6 Å². The number of rotatable bonds is 3. The highest BCUT2D eigenvalue weighted by Crippen LogP contribution is 2.24. The summed E-state index contributed by atoms with van der Waals surface area (Å²) in [5, 5.41) is 0. The van der Waals surface area contributed by atoms with Crippen molar-refractivity contribution in [1.29, 1.82) is 0 Å². The third-order valence-corrected chi connectivity index (χ3v) is 4.33. The Kier molecular flexibility index (Phi) is 3.57. The lowest BCUT2D eigenvalue weighted by Gasteiger charge is -2.18. The van der Waals surface area contributed by atoms with E-state index in [2.05, 4.69) is 25.7 Å². The highest BCUT2D eigenvalue weighted by molar-refractivity contribution is 6.76. The van der Waals surface area contributed by atoms with E-state index in [9.17, 15) is 0 Å². The van der Waals surface area contributed by atoms with Crippen molar-refractivity contribution in [2.75, 3.05) is 0 Å². The van der Waals surface area contributed by atoms with Gasteiger partial charge in [-0.1, -0.05) is 37.3 Å². The molecule has 0 unspecified atom stereocenters. The van der Waals surface area contributed by atoms with Crippen LogP contribution in [0.1, 0.15) is 32.1 Å². The Morgan fingerprint density at radius 2 is 2.00 bits per heavy atom. The topological polar surface area (TPSA) is 0 Å². The minimum absolute atomic E-state index is 0.782. The van der Waals surface area contributed by atoms with Crippen molar-refractivity contribution in [2.24, 2.45) is 0 Å². The molecule has 0 aromatic rings. The van der Waals surface area contributed by atoms with Crippen LogP contribution >= 0.6 is 0 Å². The third kappa shape index (κ3) is 4.10. The van der Waals surface area contributed by atoms with Crippen LogP contribution in [-0.4, -0.2) is 8.07 Å². The smallest absolute Gasteiger partial charge is 0.0445 e. The van der Waals surface area contributed by atoms with Crippen molar-refractivity contribution >= 4 is 8.07 Å². The summed E-state index contributed by atoms with van der Waals surface area (Å²) in [7, 11) is -0.782. The second-order valence-corrected chi connectivity index (χ2v) is 10.8. The molecule has 0 radical (unpaired) electrons. The zero-order valence-electron chi connectivity index (χ0n) is 8.82. The van der Waals surface area contributed by atoms with Gasteiger partial charge in [-0.2, -0.15) is 0 Å². The fourth-order valence-corrected chi connectivity index (χ4v) is 2.74. The minimum atomic E-state index is -0.782. The molecular weight excluding hydrogens is 160 g/mol. The Balaban J connectivity index is 2.26. The minimum Gasteiger partial charge on any atom is -0.0853 e. The molecule has 0 amide bonds. The summed E-state index contributed by atoms with van der Waals surface area (Å²) in [4.78, 5) is 0. The summed E-state index contributed by atoms with van der Waals surface area (Å²) in [6.07, 6.45) is 9.50. The van der Waals surface area contributed by atoms with Crippen molar-refractivity contribution in [1.82, 2.24) is 0 Å². The van der Waals surface area contributed by atoms with Gasteiger partial charge in [0.05, 0.1) is 0 Å². The molecule has 0 N–H and O–H groups in total. The Labute approximate surface area is 78.1 Å². The van der Waals surface area contributed by atoms with Crippen LogP contribution in [0.2, 0.25) is 25.7 Å². The largest absolute Gasteiger partial charge is 0.0853 e. The first-order chi connectivity index (χ1) is 5.58. The molecule has 0 fully saturated rings. The zero-order chi connectivity index (χ0) is 9.03. The first-order valence-corrected chi connectivity index (χ1v) is 8.96. The third-order valence-electron chi connectivity index (χ3n) is 2.58. The molecule has 0 aromatic heterocycles. The molecule has 0 aromatic carbocycles.